The normalized spacial score (nSPS) is 10.5. The zero-order chi connectivity index (χ0) is 15.5. The van der Waals surface area contributed by atoms with Gasteiger partial charge in [0.25, 0.3) is 5.91 Å². The van der Waals surface area contributed by atoms with E-state index in [0.717, 1.165) is 5.69 Å². The van der Waals surface area contributed by atoms with Gasteiger partial charge in [-0.25, -0.2) is 9.07 Å². The fraction of sp³-hybridized carbons (Fsp3) is 0. The summed E-state index contributed by atoms with van der Waals surface area (Å²) in [6.07, 6.45) is 3.13. The van der Waals surface area contributed by atoms with E-state index in [9.17, 15) is 9.18 Å². The van der Waals surface area contributed by atoms with Gasteiger partial charge < -0.3 is 5.32 Å². The van der Waals surface area contributed by atoms with Crippen LogP contribution in [0.2, 0.25) is 0 Å². The summed E-state index contributed by atoms with van der Waals surface area (Å²) in [4.78, 5) is 12.2. The molecule has 0 saturated heterocycles. The molecule has 0 atom stereocenters. The van der Waals surface area contributed by atoms with E-state index >= 15 is 0 Å². The molecule has 1 heterocycles. The number of benzene rings is 2. The number of amides is 1. The molecule has 22 heavy (non-hydrogen) atoms. The van der Waals surface area contributed by atoms with Gasteiger partial charge in [0.1, 0.15) is 5.82 Å². The fourth-order valence-electron chi connectivity index (χ4n) is 1.95. The lowest BCUT2D eigenvalue weighted by Crippen LogP contribution is -2.11. The third-order valence-electron chi connectivity index (χ3n) is 3.04. The maximum absolute atomic E-state index is 13.0. The van der Waals surface area contributed by atoms with Crippen LogP contribution in [0, 0.1) is 5.82 Å². The van der Waals surface area contributed by atoms with Crippen LogP contribution in [0.5, 0.6) is 0 Å². The molecule has 0 bridgehead atoms. The summed E-state index contributed by atoms with van der Waals surface area (Å²) in [5.41, 5.74) is 1.78. The first kappa shape index (κ1) is 14.5. The number of halogens is 2. The fourth-order valence-corrected chi connectivity index (χ4v) is 2.40. The van der Waals surface area contributed by atoms with Crippen LogP contribution in [0.25, 0.3) is 5.69 Å². The van der Waals surface area contributed by atoms with Crippen LogP contribution in [0.15, 0.2) is 65.4 Å². The lowest BCUT2D eigenvalue weighted by Gasteiger charge is -2.06. The van der Waals surface area contributed by atoms with E-state index in [1.165, 1.54) is 24.4 Å². The molecule has 4 nitrogen and oxygen atoms in total. The van der Waals surface area contributed by atoms with Gasteiger partial charge in [0, 0.05) is 10.7 Å². The Balaban J connectivity index is 1.80. The molecule has 1 amide bonds. The van der Waals surface area contributed by atoms with Gasteiger partial charge in [-0.3, -0.25) is 4.79 Å². The zero-order valence-corrected chi connectivity index (χ0v) is 12.9. The van der Waals surface area contributed by atoms with Gasteiger partial charge in [-0.05, 0) is 46.3 Å². The van der Waals surface area contributed by atoms with E-state index in [2.05, 4.69) is 26.3 Å². The van der Waals surface area contributed by atoms with Crippen molar-refractivity contribution in [2.75, 3.05) is 5.32 Å². The van der Waals surface area contributed by atoms with E-state index < -0.39 is 0 Å². The first-order chi connectivity index (χ1) is 10.6. The minimum absolute atomic E-state index is 0.311. The average Bonchev–Trinajstić information content (AvgIpc) is 3.01. The predicted molar refractivity (Wildman–Crippen MR) is 85.6 cm³/mol. The number of para-hydroxylation sites is 1. The Hall–Kier alpha value is -2.47. The van der Waals surface area contributed by atoms with Gasteiger partial charge in [0.2, 0.25) is 0 Å². The van der Waals surface area contributed by atoms with Crippen LogP contribution in [-0.2, 0) is 0 Å². The minimum atomic E-state index is -0.373. The molecular formula is C16H11BrFN3O. The van der Waals surface area contributed by atoms with E-state index in [-0.39, 0.29) is 11.7 Å². The number of hydrogen-bond acceptors (Lipinski definition) is 2. The number of nitrogens with one attached hydrogen (secondary N) is 1. The van der Waals surface area contributed by atoms with Gasteiger partial charge >= 0.3 is 0 Å². The quantitative estimate of drug-likeness (QED) is 0.767. The molecule has 0 unspecified atom stereocenters. The van der Waals surface area contributed by atoms with Crippen molar-refractivity contribution in [3.05, 3.63) is 76.8 Å². The molecule has 0 spiro atoms. The molecular weight excluding hydrogens is 349 g/mol. The zero-order valence-electron chi connectivity index (χ0n) is 11.3. The van der Waals surface area contributed by atoms with Crippen LogP contribution >= 0.6 is 15.9 Å². The summed E-state index contributed by atoms with van der Waals surface area (Å²) in [5, 5.41) is 6.88. The highest BCUT2D eigenvalue weighted by molar-refractivity contribution is 9.10. The Labute approximate surface area is 134 Å². The monoisotopic (exact) mass is 359 g/mol. The second-order valence-electron chi connectivity index (χ2n) is 4.59. The maximum atomic E-state index is 13.0. The molecule has 110 valence electrons. The average molecular weight is 360 g/mol. The molecule has 3 rings (SSSR count). The highest BCUT2D eigenvalue weighted by Crippen LogP contribution is 2.23. The predicted octanol–water partition coefficient (Wildman–Crippen LogP) is 4.03. The SMILES string of the molecule is O=C(Nc1ccc(F)cc1Br)c1cnn(-c2ccccc2)c1. The van der Waals surface area contributed by atoms with E-state index in [4.69, 9.17) is 0 Å². The van der Waals surface area contributed by atoms with Crippen LogP contribution in [0.1, 0.15) is 10.4 Å². The number of anilines is 1. The third kappa shape index (κ3) is 3.07. The molecule has 0 aliphatic heterocycles. The van der Waals surface area contributed by atoms with E-state index in [1.807, 2.05) is 30.3 Å². The molecule has 3 aromatic rings. The Morgan fingerprint density at radius 3 is 2.68 bits per heavy atom. The second kappa shape index (κ2) is 6.11. The first-order valence-electron chi connectivity index (χ1n) is 6.50. The highest BCUT2D eigenvalue weighted by atomic mass is 79.9. The summed E-state index contributed by atoms with van der Waals surface area (Å²) in [6, 6.07) is 13.6. The Morgan fingerprint density at radius 1 is 1.18 bits per heavy atom. The van der Waals surface area contributed by atoms with Crippen molar-refractivity contribution >= 4 is 27.5 Å². The van der Waals surface area contributed by atoms with Gasteiger partial charge in [-0.15, -0.1) is 0 Å². The van der Waals surface area contributed by atoms with Crippen molar-refractivity contribution in [3.8, 4) is 5.69 Å². The third-order valence-corrected chi connectivity index (χ3v) is 3.70. The standard InChI is InChI=1S/C16H11BrFN3O/c17-14-8-12(18)6-7-15(14)20-16(22)11-9-19-21(10-11)13-4-2-1-3-5-13/h1-10H,(H,20,22). The van der Waals surface area contributed by atoms with Crippen molar-refractivity contribution in [1.82, 2.24) is 9.78 Å². The molecule has 1 aromatic heterocycles. The molecule has 0 saturated carbocycles. The molecule has 6 heteroatoms. The maximum Gasteiger partial charge on any atom is 0.258 e. The second-order valence-corrected chi connectivity index (χ2v) is 5.44. The molecule has 0 fully saturated rings. The van der Waals surface area contributed by atoms with Gasteiger partial charge in [-0.1, -0.05) is 18.2 Å². The largest absolute Gasteiger partial charge is 0.321 e. The van der Waals surface area contributed by atoms with Crippen molar-refractivity contribution in [2.24, 2.45) is 0 Å². The van der Waals surface area contributed by atoms with Crippen molar-refractivity contribution < 1.29 is 9.18 Å². The topological polar surface area (TPSA) is 46.9 Å². The van der Waals surface area contributed by atoms with Crippen molar-refractivity contribution in [3.63, 3.8) is 0 Å². The van der Waals surface area contributed by atoms with Crippen molar-refractivity contribution in [2.45, 2.75) is 0 Å². The number of rotatable bonds is 3. The first-order valence-corrected chi connectivity index (χ1v) is 7.29. The molecule has 0 aliphatic carbocycles. The van der Waals surface area contributed by atoms with Gasteiger partial charge in [0.05, 0.1) is 23.1 Å². The number of aromatic nitrogens is 2. The van der Waals surface area contributed by atoms with E-state index in [1.54, 1.807) is 10.9 Å². The van der Waals surface area contributed by atoms with Crippen LogP contribution in [0.3, 0.4) is 0 Å². The van der Waals surface area contributed by atoms with Gasteiger partial charge in [0.15, 0.2) is 0 Å². The number of carbonyl (C=O) groups excluding carboxylic acids is 1. The molecule has 0 aliphatic rings. The Morgan fingerprint density at radius 2 is 1.95 bits per heavy atom. The lowest BCUT2D eigenvalue weighted by molar-refractivity contribution is 0.102. The summed E-state index contributed by atoms with van der Waals surface area (Å²) >= 11 is 3.21. The van der Waals surface area contributed by atoms with Gasteiger partial charge in [-0.2, -0.15) is 5.10 Å². The number of carbonyl (C=O) groups is 1. The van der Waals surface area contributed by atoms with E-state index in [0.29, 0.717) is 15.7 Å². The molecule has 0 radical (unpaired) electrons. The molecule has 2 aromatic carbocycles. The summed E-state index contributed by atoms with van der Waals surface area (Å²) in [5.74, 6) is -0.684. The summed E-state index contributed by atoms with van der Waals surface area (Å²) < 4.78 is 15.1. The lowest BCUT2D eigenvalue weighted by atomic mass is 10.2. The highest BCUT2D eigenvalue weighted by Gasteiger charge is 2.11. The summed E-state index contributed by atoms with van der Waals surface area (Å²) in [7, 11) is 0. The van der Waals surface area contributed by atoms with Crippen LogP contribution in [-0.4, -0.2) is 15.7 Å². The molecule has 1 N–H and O–H groups in total. The smallest absolute Gasteiger partial charge is 0.258 e. The van der Waals surface area contributed by atoms with Crippen LogP contribution < -0.4 is 5.32 Å². The number of nitrogens with zero attached hydrogens (tertiary/aromatic N) is 2. The summed E-state index contributed by atoms with van der Waals surface area (Å²) in [6.45, 7) is 0. The Bertz CT molecular complexity index is 817. The number of hydrogen-bond donors (Lipinski definition) is 1. The van der Waals surface area contributed by atoms with Crippen molar-refractivity contribution in [1.29, 1.82) is 0 Å². The Kier molecular flexibility index (Phi) is 4.02. The van der Waals surface area contributed by atoms with Crippen LogP contribution in [0.4, 0.5) is 10.1 Å². The minimum Gasteiger partial charge on any atom is -0.321 e.